The molecule has 0 radical (unpaired) electrons. The summed E-state index contributed by atoms with van der Waals surface area (Å²) < 4.78 is 0. The number of aliphatic imine (C=N–C) groups is 1. The van der Waals surface area contributed by atoms with Gasteiger partial charge in [0.25, 0.3) is 0 Å². The molecule has 2 aliphatic heterocycles. The molecule has 0 unspecified atom stereocenters. The smallest absolute Gasteiger partial charge is 0.231 e. The third kappa shape index (κ3) is 1.33. The van der Waals surface area contributed by atoms with Gasteiger partial charge in [-0.05, 0) is 0 Å². The van der Waals surface area contributed by atoms with Crippen LogP contribution in [0.3, 0.4) is 0 Å². The molecule has 68 valence electrons. The summed E-state index contributed by atoms with van der Waals surface area (Å²) in [5.74, 6) is 1.08. The van der Waals surface area contributed by atoms with Gasteiger partial charge in [-0.15, -0.1) is 17.0 Å². The minimum atomic E-state index is 0. The topological polar surface area (TPSA) is 35.9 Å². The predicted molar refractivity (Wildman–Crippen MR) is 51.6 cm³/mol. The first-order valence-electron chi connectivity index (χ1n) is 3.85. The highest BCUT2D eigenvalue weighted by Crippen LogP contribution is 2.12. The second-order valence-electron chi connectivity index (χ2n) is 2.90. The SMILES string of the molecule is Br.CN1CCN2C(=O)CCN=C12. The minimum Gasteiger partial charge on any atom is -0.344 e. The molecule has 1 fully saturated rings. The molecule has 2 rings (SSSR count). The maximum Gasteiger partial charge on any atom is 0.231 e. The normalized spacial score (nSPS) is 21.8. The van der Waals surface area contributed by atoms with Crippen LogP contribution in [-0.4, -0.2) is 48.3 Å². The average Bonchev–Trinajstić information content (AvgIpc) is 2.35. The van der Waals surface area contributed by atoms with Gasteiger partial charge in [0.1, 0.15) is 0 Å². The fraction of sp³-hybridized carbons (Fsp3) is 0.714. The Morgan fingerprint density at radius 3 is 2.83 bits per heavy atom. The summed E-state index contributed by atoms with van der Waals surface area (Å²) in [4.78, 5) is 19.3. The third-order valence-electron chi connectivity index (χ3n) is 2.12. The number of hydrogen-bond acceptors (Lipinski definition) is 3. The van der Waals surface area contributed by atoms with Crippen LogP contribution in [0.25, 0.3) is 0 Å². The van der Waals surface area contributed by atoms with Gasteiger partial charge in [-0.1, -0.05) is 0 Å². The quantitative estimate of drug-likeness (QED) is 0.595. The molecule has 0 atom stereocenters. The standard InChI is InChI=1S/C7H11N3O.BrH/c1-9-4-5-10-6(11)2-3-8-7(9)10;/h2-5H2,1H3;1H. The summed E-state index contributed by atoms with van der Waals surface area (Å²) in [6, 6.07) is 0. The summed E-state index contributed by atoms with van der Waals surface area (Å²) in [6.45, 7) is 2.40. The van der Waals surface area contributed by atoms with Gasteiger partial charge >= 0.3 is 0 Å². The molecule has 0 aliphatic carbocycles. The molecule has 0 N–H and O–H groups in total. The van der Waals surface area contributed by atoms with Gasteiger partial charge in [0.2, 0.25) is 11.9 Å². The van der Waals surface area contributed by atoms with Crippen molar-refractivity contribution in [3.8, 4) is 0 Å². The average molecular weight is 234 g/mol. The van der Waals surface area contributed by atoms with Crippen molar-refractivity contribution in [2.45, 2.75) is 6.42 Å². The predicted octanol–water partition coefficient (Wildman–Crippen LogP) is 0.0980. The van der Waals surface area contributed by atoms with E-state index in [9.17, 15) is 4.79 Å². The zero-order valence-corrected chi connectivity index (χ0v) is 8.70. The minimum absolute atomic E-state index is 0. The van der Waals surface area contributed by atoms with Crippen LogP contribution in [0.5, 0.6) is 0 Å². The Hall–Kier alpha value is -0.580. The number of nitrogens with zero attached hydrogens (tertiary/aromatic N) is 3. The Labute approximate surface area is 82.0 Å². The fourth-order valence-electron chi connectivity index (χ4n) is 1.48. The number of carbonyl (C=O) groups excluding carboxylic acids is 1. The van der Waals surface area contributed by atoms with Gasteiger partial charge in [-0.3, -0.25) is 14.7 Å². The Morgan fingerprint density at radius 2 is 2.17 bits per heavy atom. The summed E-state index contributed by atoms with van der Waals surface area (Å²) in [6.07, 6.45) is 0.581. The van der Waals surface area contributed by atoms with Crippen molar-refractivity contribution in [2.24, 2.45) is 4.99 Å². The first-order chi connectivity index (χ1) is 5.29. The number of likely N-dealkylation sites (N-methyl/N-ethyl adjacent to an activating group) is 1. The van der Waals surface area contributed by atoms with Crippen molar-refractivity contribution in [3.05, 3.63) is 0 Å². The first kappa shape index (κ1) is 9.51. The first-order valence-corrected chi connectivity index (χ1v) is 3.85. The van der Waals surface area contributed by atoms with Crippen molar-refractivity contribution in [1.82, 2.24) is 9.80 Å². The summed E-state index contributed by atoms with van der Waals surface area (Å²) in [5.41, 5.74) is 0. The van der Waals surface area contributed by atoms with E-state index < -0.39 is 0 Å². The molecule has 1 amide bonds. The lowest BCUT2D eigenvalue weighted by molar-refractivity contribution is -0.127. The van der Waals surface area contributed by atoms with E-state index >= 15 is 0 Å². The number of rotatable bonds is 0. The van der Waals surface area contributed by atoms with Crippen molar-refractivity contribution in [3.63, 3.8) is 0 Å². The Balaban J connectivity index is 0.000000720. The van der Waals surface area contributed by atoms with Crippen molar-refractivity contribution in [1.29, 1.82) is 0 Å². The highest BCUT2D eigenvalue weighted by atomic mass is 79.9. The maximum absolute atomic E-state index is 11.2. The van der Waals surface area contributed by atoms with E-state index in [4.69, 9.17) is 0 Å². The lowest BCUT2D eigenvalue weighted by atomic mass is 10.3. The number of fused-ring (bicyclic) bond motifs is 1. The summed E-state index contributed by atoms with van der Waals surface area (Å²) >= 11 is 0. The van der Waals surface area contributed by atoms with E-state index in [1.165, 1.54) is 0 Å². The van der Waals surface area contributed by atoms with Crippen LogP contribution in [-0.2, 0) is 4.79 Å². The van der Waals surface area contributed by atoms with Gasteiger partial charge < -0.3 is 4.90 Å². The number of carbonyl (C=O) groups is 1. The monoisotopic (exact) mass is 233 g/mol. The summed E-state index contributed by atoms with van der Waals surface area (Å²) in [7, 11) is 1.97. The Morgan fingerprint density at radius 1 is 1.42 bits per heavy atom. The largest absolute Gasteiger partial charge is 0.344 e. The molecule has 0 aromatic heterocycles. The second-order valence-corrected chi connectivity index (χ2v) is 2.90. The molecule has 12 heavy (non-hydrogen) atoms. The third-order valence-corrected chi connectivity index (χ3v) is 2.12. The van der Waals surface area contributed by atoms with Gasteiger partial charge in [0, 0.05) is 26.6 Å². The Kier molecular flexibility index (Phi) is 2.72. The van der Waals surface area contributed by atoms with E-state index in [0.717, 1.165) is 19.0 Å². The van der Waals surface area contributed by atoms with E-state index in [2.05, 4.69) is 4.99 Å². The molecule has 0 bridgehead atoms. The van der Waals surface area contributed by atoms with Crippen LogP contribution in [0.15, 0.2) is 4.99 Å². The van der Waals surface area contributed by atoms with Crippen LogP contribution in [0.2, 0.25) is 0 Å². The van der Waals surface area contributed by atoms with E-state index in [1.54, 1.807) is 4.90 Å². The molecule has 2 heterocycles. The number of guanidine groups is 1. The lowest BCUT2D eigenvalue weighted by Crippen LogP contribution is -2.39. The van der Waals surface area contributed by atoms with Gasteiger partial charge in [-0.2, -0.15) is 0 Å². The highest BCUT2D eigenvalue weighted by molar-refractivity contribution is 8.93. The van der Waals surface area contributed by atoms with E-state index in [1.807, 2.05) is 11.9 Å². The number of halogens is 1. The second kappa shape index (κ2) is 3.43. The molecule has 5 heteroatoms. The molecule has 1 saturated heterocycles. The van der Waals surface area contributed by atoms with E-state index in [-0.39, 0.29) is 22.9 Å². The van der Waals surface area contributed by atoms with Gasteiger partial charge in [-0.25, -0.2) is 0 Å². The molecule has 0 aromatic carbocycles. The van der Waals surface area contributed by atoms with Crippen LogP contribution in [0, 0.1) is 0 Å². The van der Waals surface area contributed by atoms with Crippen molar-refractivity contribution < 1.29 is 4.79 Å². The van der Waals surface area contributed by atoms with Crippen LogP contribution < -0.4 is 0 Å². The Bertz CT molecular complexity index is 229. The van der Waals surface area contributed by atoms with Crippen LogP contribution in [0.1, 0.15) is 6.42 Å². The zero-order valence-electron chi connectivity index (χ0n) is 6.99. The van der Waals surface area contributed by atoms with Gasteiger partial charge in [0.05, 0.1) is 6.54 Å². The fourth-order valence-corrected chi connectivity index (χ4v) is 1.48. The van der Waals surface area contributed by atoms with Gasteiger partial charge in [0.15, 0.2) is 0 Å². The molecule has 4 nitrogen and oxygen atoms in total. The van der Waals surface area contributed by atoms with Crippen LogP contribution >= 0.6 is 17.0 Å². The molecular weight excluding hydrogens is 222 g/mol. The molecule has 0 spiro atoms. The van der Waals surface area contributed by atoms with E-state index in [0.29, 0.717) is 13.0 Å². The highest BCUT2D eigenvalue weighted by Gasteiger charge is 2.30. The maximum atomic E-state index is 11.2. The molecule has 0 aromatic rings. The van der Waals surface area contributed by atoms with Crippen LogP contribution in [0.4, 0.5) is 0 Å². The molecule has 2 aliphatic rings. The van der Waals surface area contributed by atoms with Crippen molar-refractivity contribution in [2.75, 3.05) is 26.7 Å². The number of amides is 1. The molecular formula is C7H12BrN3O. The lowest BCUT2D eigenvalue weighted by Gasteiger charge is -2.22. The number of hydrogen-bond donors (Lipinski definition) is 0. The summed E-state index contributed by atoms with van der Waals surface area (Å²) in [5, 5.41) is 0. The van der Waals surface area contributed by atoms with Crippen molar-refractivity contribution >= 4 is 28.8 Å². The zero-order chi connectivity index (χ0) is 7.84. The molecule has 0 saturated carbocycles.